The molecule has 2 aliphatic rings. The molecule has 0 spiro atoms. The lowest BCUT2D eigenvalue weighted by atomic mass is 10.1. The summed E-state index contributed by atoms with van der Waals surface area (Å²) in [5.41, 5.74) is 4.75. The van der Waals surface area contributed by atoms with Crippen molar-refractivity contribution in [1.29, 1.82) is 0 Å². The number of aromatic nitrogens is 1. The molecule has 0 amide bonds. The number of rotatable bonds is 7. The number of anilines is 2. The summed E-state index contributed by atoms with van der Waals surface area (Å²) in [6, 6.07) is 4.72. The summed E-state index contributed by atoms with van der Waals surface area (Å²) in [4.78, 5) is 7.48. The molecule has 5 heteroatoms. The van der Waals surface area contributed by atoms with E-state index in [1.807, 2.05) is 0 Å². The monoisotopic (exact) mass is 368 g/mol. The first-order valence-corrected chi connectivity index (χ1v) is 10.4. The van der Waals surface area contributed by atoms with E-state index >= 15 is 0 Å². The van der Waals surface area contributed by atoms with Crippen LogP contribution in [-0.2, 0) is 6.42 Å². The Morgan fingerprint density at radius 3 is 2.85 bits per heavy atom. The van der Waals surface area contributed by atoms with Crippen LogP contribution in [0.1, 0.15) is 44.2 Å². The molecule has 1 aromatic carbocycles. The van der Waals surface area contributed by atoms with Crippen LogP contribution < -0.4 is 15.4 Å². The molecule has 0 unspecified atom stereocenters. The number of hydrogen-bond acceptors (Lipinski definition) is 5. The van der Waals surface area contributed by atoms with Crippen LogP contribution in [0.25, 0.3) is 10.9 Å². The van der Waals surface area contributed by atoms with Crippen molar-refractivity contribution in [3.8, 4) is 5.75 Å². The normalized spacial score (nSPS) is 16.7. The first-order valence-electron chi connectivity index (χ1n) is 10.4. The van der Waals surface area contributed by atoms with Crippen LogP contribution in [0.5, 0.6) is 5.75 Å². The number of pyridine rings is 1. The van der Waals surface area contributed by atoms with Gasteiger partial charge in [0, 0.05) is 36.1 Å². The smallest absolute Gasteiger partial charge is 0.132 e. The van der Waals surface area contributed by atoms with E-state index < -0.39 is 0 Å². The van der Waals surface area contributed by atoms with Crippen LogP contribution in [0.3, 0.4) is 0 Å². The second kappa shape index (κ2) is 7.93. The number of benzene rings is 1. The van der Waals surface area contributed by atoms with Gasteiger partial charge in [-0.05, 0) is 71.2 Å². The van der Waals surface area contributed by atoms with Gasteiger partial charge in [0.15, 0.2) is 0 Å². The summed E-state index contributed by atoms with van der Waals surface area (Å²) in [6.07, 6.45) is 4.81. The fourth-order valence-electron chi connectivity index (χ4n) is 4.22. The van der Waals surface area contributed by atoms with E-state index in [1.165, 1.54) is 48.1 Å². The number of likely N-dealkylation sites (tertiary alicyclic amines) is 1. The topological polar surface area (TPSA) is 49.4 Å². The Hall–Kier alpha value is -2.01. The molecule has 1 aromatic heterocycles. The van der Waals surface area contributed by atoms with Gasteiger partial charge < -0.3 is 20.3 Å². The van der Waals surface area contributed by atoms with Gasteiger partial charge in [0.2, 0.25) is 0 Å². The zero-order chi connectivity index (χ0) is 18.8. The lowest BCUT2D eigenvalue weighted by Crippen LogP contribution is -2.22. The number of ether oxygens (including phenoxy) is 1. The van der Waals surface area contributed by atoms with Crippen molar-refractivity contribution < 1.29 is 4.74 Å². The predicted molar refractivity (Wildman–Crippen MR) is 113 cm³/mol. The molecule has 1 saturated heterocycles. The largest absolute Gasteiger partial charge is 0.493 e. The van der Waals surface area contributed by atoms with Crippen LogP contribution in [-0.4, -0.2) is 48.7 Å². The number of fused-ring (bicyclic) bond motifs is 3. The predicted octanol–water partition coefficient (Wildman–Crippen LogP) is 4.20. The van der Waals surface area contributed by atoms with Crippen LogP contribution in [0.15, 0.2) is 12.1 Å². The van der Waals surface area contributed by atoms with Gasteiger partial charge in [-0.15, -0.1) is 0 Å². The summed E-state index contributed by atoms with van der Waals surface area (Å²) < 4.78 is 6.14. The second-order valence-corrected chi connectivity index (χ2v) is 8.18. The Balaban J connectivity index is 1.53. The van der Waals surface area contributed by atoms with Crippen molar-refractivity contribution in [2.45, 2.75) is 52.5 Å². The van der Waals surface area contributed by atoms with Crippen LogP contribution in [0.4, 0.5) is 11.5 Å². The standard InChI is InChI=1S/C22H32N4O/c1-15(2)24-22-17-7-8-23-21(17)18-13-16(3)20(14-19(18)25-22)27-12-6-11-26-9-4-5-10-26/h13-15,23H,4-12H2,1-3H3,(H,24,25). The molecule has 1 fully saturated rings. The van der Waals surface area contributed by atoms with Gasteiger partial charge in [-0.2, -0.15) is 0 Å². The molecule has 0 radical (unpaired) electrons. The lowest BCUT2D eigenvalue weighted by molar-refractivity contribution is 0.262. The Bertz CT molecular complexity index is 812. The molecule has 0 saturated carbocycles. The van der Waals surface area contributed by atoms with Crippen LogP contribution in [0, 0.1) is 6.92 Å². The van der Waals surface area contributed by atoms with Crippen LogP contribution in [0.2, 0.25) is 0 Å². The van der Waals surface area contributed by atoms with E-state index in [4.69, 9.17) is 9.72 Å². The fourth-order valence-corrected chi connectivity index (χ4v) is 4.22. The third kappa shape index (κ3) is 3.98. The summed E-state index contributed by atoms with van der Waals surface area (Å²) >= 11 is 0. The van der Waals surface area contributed by atoms with E-state index in [0.29, 0.717) is 6.04 Å². The maximum Gasteiger partial charge on any atom is 0.132 e. The number of aryl methyl sites for hydroxylation is 1. The highest BCUT2D eigenvalue weighted by Crippen LogP contribution is 2.38. The van der Waals surface area contributed by atoms with E-state index in [-0.39, 0.29) is 0 Å². The maximum atomic E-state index is 6.14. The minimum absolute atomic E-state index is 0.367. The average molecular weight is 369 g/mol. The Kier molecular flexibility index (Phi) is 5.39. The quantitative estimate of drug-likeness (QED) is 0.718. The first-order chi connectivity index (χ1) is 13.1. The van der Waals surface area contributed by atoms with Gasteiger partial charge in [0.1, 0.15) is 11.6 Å². The van der Waals surface area contributed by atoms with Gasteiger partial charge in [-0.1, -0.05) is 0 Å². The molecule has 27 heavy (non-hydrogen) atoms. The SMILES string of the molecule is Cc1cc2c3c(c(NC(C)C)nc2cc1OCCCN1CCCC1)CCN3. The highest BCUT2D eigenvalue weighted by Gasteiger charge is 2.21. The third-order valence-electron chi connectivity index (χ3n) is 5.56. The molecule has 3 heterocycles. The van der Waals surface area contributed by atoms with E-state index in [1.54, 1.807) is 0 Å². The van der Waals surface area contributed by atoms with E-state index in [0.717, 1.165) is 49.6 Å². The van der Waals surface area contributed by atoms with Crippen LogP contribution >= 0.6 is 0 Å². The molecule has 0 aliphatic carbocycles. The highest BCUT2D eigenvalue weighted by molar-refractivity contribution is 5.97. The number of nitrogens with zero attached hydrogens (tertiary/aromatic N) is 2. The Labute approximate surface area is 162 Å². The fraction of sp³-hybridized carbons (Fsp3) is 0.591. The molecular weight excluding hydrogens is 336 g/mol. The maximum absolute atomic E-state index is 6.14. The summed E-state index contributed by atoms with van der Waals surface area (Å²) in [5.74, 6) is 1.98. The van der Waals surface area contributed by atoms with Gasteiger partial charge in [-0.25, -0.2) is 4.98 Å². The minimum Gasteiger partial charge on any atom is -0.493 e. The zero-order valence-electron chi connectivity index (χ0n) is 16.9. The molecule has 4 rings (SSSR count). The number of hydrogen-bond donors (Lipinski definition) is 2. The van der Waals surface area contributed by atoms with Gasteiger partial charge in [0.25, 0.3) is 0 Å². The molecular formula is C22H32N4O. The van der Waals surface area contributed by atoms with Crippen molar-refractivity contribution in [3.05, 3.63) is 23.3 Å². The van der Waals surface area contributed by atoms with E-state index in [9.17, 15) is 0 Å². The van der Waals surface area contributed by atoms with Gasteiger partial charge >= 0.3 is 0 Å². The van der Waals surface area contributed by atoms with Crippen molar-refractivity contribution in [1.82, 2.24) is 9.88 Å². The molecule has 146 valence electrons. The molecule has 0 bridgehead atoms. The Morgan fingerprint density at radius 2 is 2.07 bits per heavy atom. The third-order valence-corrected chi connectivity index (χ3v) is 5.56. The van der Waals surface area contributed by atoms with Crippen molar-refractivity contribution in [2.75, 3.05) is 43.4 Å². The molecule has 5 nitrogen and oxygen atoms in total. The number of nitrogens with one attached hydrogen (secondary N) is 2. The van der Waals surface area contributed by atoms with Gasteiger partial charge in [0.05, 0.1) is 17.8 Å². The molecule has 2 aromatic rings. The van der Waals surface area contributed by atoms with Crippen molar-refractivity contribution in [2.24, 2.45) is 0 Å². The summed E-state index contributed by atoms with van der Waals surface area (Å²) in [7, 11) is 0. The highest BCUT2D eigenvalue weighted by atomic mass is 16.5. The first kappa shape index (κ1) is 18.4. The molecule has 2 aliphatic heterocycles. The minimum atomic E-state index is 0.367. The van der Waals surface area contributed by atoms with Gasteiger partial charge in [-0.3, -0.25) is 0 Å². The molecule has 2 N–H and O–H groups in total. The molecule has 0 atom stereocenters. The second-order valence-electron chi connectivity index (χ2n) is 8.18. The van der Waals surface area contributed by atoms with E-state index in [2.05, 4.69) is 48.4 Å². The summed E-state index contributed by atoms with van der Waals surface area (Å²) in [5, 5.41) is 8.29. The average Bonchev–Trinajstić information content (AvgIpc) is 3.31. The van der Waals surface area contributed by atoms with Crippen molar-refractivity contribution in [3.63, 3.8) is 0 Å². The van der Waals surface area contributed by atoms with Crippen molar-refractivity contribution >= 4 is 22.4 Å². The Morgan fingerprint density at radius 1 is 1.26 bits per heavy atom. The zero-order valence-corrected chi connectivity index (χ0v) is 16.9. The lowest BCUT2D eigenvalue weighted by Gasteiger charge is -2.17. The summed E-state index contributed by atoms with van der Waals surface area (Å²) in [6.45, 7) is 11.8.